The van der Waals surface area contributed by atoms with Gasteiger partial charge in [-0.05, 0) is 11.3 Å². The molecule has 0 atom stereocenters. The van der Waals surface area contributed by atoms with Crippen molar-refractivity contribution in [2.75, 3.05) is 19.5 Å². The lowest BCUT2D eigenvalue weighted by Crippen LogP contribution is -2.17. The number of hydrogen-bond acceptors (Lipinski definition) is 9. The van der Waals surface area contributed by atoms with Gasteiger partial charge in [-0.25, -0.2) is 9.67 Å². The molecule has 124 valence electrons. The number of halogens is 1. The summed E-state index contributed by atoms with van der Waals surface area (Å²) >= 11 is 7.00. The van der Waals surface area contributed by atoms with Crippen molar-refractivity contribution in [1.29, 1.82) is 0 Å². The van der Waals surface area contributed by atoms with E-state index in [4.69, 9.17) is 21.1 Å². The van der Waals surface area contributed by atoms with Gasteiger partial charge in [0.1, 0.15) is 10.8 Å². The lowest BCUT2D eigenvalue weighted by molar-refractivity contribution is 0.101. The molecule has 0 radical (unpaired) electrons. The van der Waals surface area contributed by atoms with Crippen LogP contribution in [-0.4, -0.2) is 50.3 Å². The monoisotopic (exact) mass is 367 g/mol. The van der Waals surface area contributed by atoms with Gasteiger partial charge >= 0.3 is 0 Å². The van der Waals surface area contributed by atoms with E-state index in [-0.39, 0.29) is 16.0 Å². The number of carbonyl (C=O) groups is 1. The van der Waals surface area contributed by atoms with Crippen LogP contribution in [0.5, 0.6) is 10.9 Å². The number of anilines is 1. The average molecular weight is 368 g/mol. The molecule has 0 saturated carbocycles. The van der Waals surface area contributed by atoms with Crippen molar-refractivity contribution in [3.05, 3.63) is 29.3 Å². The van der Waals surface area contributed by atoms with Gasteiger partial charge in [0, 0.05) is 6.07 Å². The first-order valence-electron chi connectivity index (χ1n) is 6.42. The zero-order chi connectivity index (χ0) is 17.1. The SMILES string of the molecule is COc1nnc(NC(=O)c2cnnn2-c2cc(Cl)ncc2OC)s1. The predicted octanol–water partition coefficient (Wildman–Crippen LogP) is 1.44. The number of hydrogen-bond donors (Lipinski definition) is 1. The van der Waals surface area contributed by atoms with Crippen LogP contribution < -0.4 is 14.8 Å². The quantitative estimate of drug-likeness (QED) is 0.673. The maximum atomic E-state index is 12.4. The summed E-state index contributed by atoms with van der Waals surface area (Å²) in [6.45, 7) is 0. The van der Waals surface area contributed by atoms with Crippen LogP contribution in [0.25, 0.3) is 5.69 Å². The molecule has 3 aromatic rings. The molecular weight excluding hydrogens is 358 g/mol. The topological polar surface area (TPSA) is 117 Å². The Hall–Kier alpha value is -2.79. The third kappa shape index (κ3) is 3.12. The van der Waals surface area contributed by atoms with Crippen molar-refractivity contribution in [2.45, 2.75) is 0 Å². The number of nitrogens with one attached hydrogen (secondary N) is 1. The highest BCUT2D eigenvalue weighted by molar-refractivity contribution is 7.17. The number of pyridine rings is 1. The fraction of sp³-hybridized carbons (Fsp3) is 0.167. The number of carbonyl (C=O) groups excluding carboxylic acids is 1. The first-order valence-corrected chi connectivity index (χ1v) is 7.61. The smallest absolute Gasteiger partial charge is 0.295 e. The van der Waals surface area contributed by atoms with Gasteiger partial charge in [0.25, 0.3) is 11.1 Å². The highest BCUT2D eigenvalue weighted by Crippen LogP contribution is 2.26. The summed E-state index contributed by atoms with van der Waals surface area (Å²) in [5.74, 6) is -0.0923. The first-order chi connectivity index (χ1) is 11.6. The van der Waals surface area contributed by atoms with Crippen LogP contribution in [0, 0.1) is 0 Å². The zero-order valence-corrected chi connectivity index (χ0v) is 14.0. The Balaban J connectivity index is 1.92. The Morgan fingerprint density at radius 3 is 2.83 bits per heavy atom. The van der Waals surface area contributed by atoms with E-state index in [1.54, 1.807) is 0 Å². The number of nitrogens with zero attached hydrogens (tertiary/aromatic N) is 6. The number of amides is 1. The van der Waals surface area contributed by atoms with Gasteiger partial charge in [0.2, 0.25) is 5.13 Å². The molecule has 0 saturated heterocycles. The molecule has 0 fully saturated rings. The minimum atomic E-state index is -0.478. The predicted molar refractivity (Wildman–Crippen MR) is 85.1 cm³/mol. The molecule has 1 amide bonds. The molecule has 0 aliphatic carbocycles. The molecule has 0 bridgehead atoms. The van der Waals surface area contributed by atoms with Crippen LogP contribution in [0.4, 0.5) is 5.13 Å². The van der Waals surface area contributed by atoms with Gasteiger partial charge < -0.3 is 9.47 Å². The molecule has 3 heterocycles. The Labute approximate surface area is 144 Å². The summed E-state index contributed by atoms with van der Waals surface area (Å²) in [4.78, 5) is 16.4. The van der Waals surface area contributed by atoms with Crippen LogP contribution in [0.2, 0.25) is 5.15 Å². The minimum absolute atomic E-state index is 0.157. The second kappa shape index (κ2) is 6.76. The van der Waals surface area contributed by atoms with Crippen LogP contribution in [0.1, 0.15) is 10.5 Å². The van der Waals surface area contributed by atoms with Crippen LogP contribution in [-0.2, 0) is 0 Å². The third-order valence-corrected chi connectivity index (χ3v) is 3.85. The maximum Gasteiger partial charge on any atom is 0.295 e. The van der Waals surface area contributed by atoms with E-state index in [0.29, 0.717) is 16.6 Å². The van der Waals surface area contributed by atoms with E-state index in [2.05, 4.69) is 30.8 Å². The molecule has 0 aromatic carbocycles. The average Bonchev–Trinajstić information content (AvgIpc) is 3.23. The highest BCUT2D eigenvalue weighted by atomic mass is 35.5. The minimum Gasteiger partial charge on any atom is -0.493 e. The zero-order valence-electron chi connectivity index (χ0n) is 12.4. The molecule has 10 nitrogen and oxygen atoms in total. The molecule has 12 heteroatoms. The molecule has 3 rings (SSSR count). The van der Waals surface area contributed by atoms with Crippen LogP contribution >= 0.6 is 22.9 Å². The molecule has 0 spiro atoms. The van der Waals surface area contributed by atoms with E-state index < -0.39 is 5.91 Å². The van der Waals surface area contributed by atoms with Gasteiger partial charge in [-0.2, -0.15) is 0 Å². The Morgan fingerprint density at radius 1 is 1.29 bits per heavy atom. The lowest BCUT2D eigenvalue weighted by Gasteiger charge is -2.10. The Kier molecular flexibility index (Phi) is 4.53. The van der Waals surface area contributed by atoms with E-state index in [9.17, 15) is 4.79 Å². The molecule has 0 unspecified atom stereocenters. The fourth-order valence-corrected chi connectivity index (χ4v) is 2.51. The molecule has 1 N–H and O–H groups in total. The largest absolute Gasteiger partial charge is 0.493 e. The first kappa shape index (κ1) is 16.1. The summed E-state index contributed by atoms with van der Waals surface area (Å²) in [6.07, 6.45) is 2.73. The fourth-order valence-electron chi connectivity index (χ4n) is 1.80. The summed E-state index contributed by atoms with van der Waals surface area (Å²) in [5, 5.41) is 18.6. The summed E-state index contributed by atoms with van der Waals surface area (Å²) in [5.41, 5.74) is 0.583. The summed E-state index contributed by atoms with van der Waals surface area (Å²) < 4.78 is 11.4. The lowest BCUT2D eigenvalue weighted by atomic mass is 10.3. The summed E-state index contributed by atoms with van der Waals surface area (Å²) in [6, 6.07) is 1.51. The van der Waals surface area contributed by atoms with Crippen LogP contribution in [0.15, 0.2) is 18.5 Å². The number of aromatic nitrogens is 6. The molecule has 0 aliphatic rings. The van der Waals surface area contributed by atoms with Crippen LogP contribution in [0.3, 0.4) is 0 Å². The second-order valence-electron chi connectivity index (χ2n) is 4.24. The van der Waals surface area contributed by atoms with Crippen molar-refractivity contribution in [1.82, 2.24) is 30.2 Å². The molecule has 0 aliphatic heterocycles. The van der Waals surface area contributed by atoms with E-state index in [1.807, 2.05) is 0 Å². The maximum absolute atomic E-state index is 12.4. The van der Waals surface area contributed by atoms with Crippen molar-refractivity contribution in [3.63, 3.8) is 0 Å². The van der Waals surface area contributed by atoms with E-state index in [1.165, 1.54) is 37.4 Å². The molecule has 24 heavy (non-hydrogen) atoms. The van der Waals surface area contributed by atoms with Crippen molar-refractivity contribution in [3.8, 4) is 16.6 Å². The Morgan fingerprint density at radius 2 is 2.12 bits per heavy atom. The molecule has 3 aromatic heterocycles. The number of methoxy groups -OCH3 is 2. The van der Waals surface area contributed by atoms with Crippen molar-refractivity contribution in [2.24, 2.45) is 0 Å². The van der Waals surface area contributed by atoms with Gasteiger partial charge in [-0.3, -0.25) is 10.1 Å². The third-order valence-electron chi connectivity index (χ3n) is 2.84. The van der Waals surface area contributed by atoms with Gasteiger partial charge in [0.05, 0.1) is 26.6 Å². The van der Waals surface area contributed by atoms with Gasteiger partial charge in [-0.1, -0.05) is 21.9 Å². The number of ether oxygens (including phenoxy) is 2. The van der Waals surface area contributed by atoms with E-state index >= 15 is 0 Å². The molecular formula is C12H10ClN7O3S. The Bertz CT molecular complexity index is 881. The summed E-state index contributed by atoms with van der Waals surface area (Å²) in [7, 11) is 2.93. The van der Waals surface area contributed by atoms with E-state index in [0.717, 1.165) is 11.3 Å². The normalized spacial score (nSPS) is 10.5. The highest BCUT2D eigenvalue weighted by Gasteiger charge is 2.19. The van der Waals surface area contributed by atoms with Crippen molar-refractivity contribution >= 4 is 34.0 Å². The van der Waals surface area contributed by atoms with Gasteiger partial charge in [0.15, 0.2) is 11.4 Å². The van der Waals surface area contributed by atoms with Crippen molar-refractivity contribution < 1.29 is 14.3 Å². The van der Waals surface area contributed by atoms with Gasteiger partial charge in [-0.15, -0.1) is 10.2 Å². The second-order valence-corrected chi connectivity index (χ2v) is 5.57. The number of rotatable bonds is 5. The standard InChI is InChI=1S/C12H10ClN7O3S/c1-22-8-5-14-9(13)3-6(8)20-7(4-15-19-20)10(21)16-11-17-18-12(23-2)24-11/h3-5H,1-2H3,(H,16,17,21).